The molecule has 0 atom stereocenters. The van der Waals surface area contributed by atoms with E-state index in [1.165, 1.54) is 12.1 Å². The molecular weight excluding hydrogens is 476 g/mol. The fourth-order valence-corrected chi connectivity index (χ4v) is 4.71. The van der Waals surface area contributed by atoms with Gasteiger partial charge < -0.3 is 14.8 Å². The zero-order valence-electron chi connectivity index (χ0n) is 19.0. The van der Waals surface area contributed by atoms with Crippen LogP contribution in [0.5, 0.6) is 11.5 Å². The number of benzene rings is 3. The molecule has 0 aliphatic carbocycles. The Kier molecular flexibility index (Phi) is 8.79. The molecule has 0 aliphatic heterocycles. The molecule has 0 radical (unpaired) electrons. The molecule has 180 valence electrons. The summed E-state index contributed by atoms with van der Waals surface area (Å²) in [4.78, 5) is 12.7. The topological polar surface area (TPSA) is 84.9 Å². The van der Waals surface area contributed by atoms with Crippen LogP contribution in [0, 0.1) is 6.92 Å². The van der Waals surface area contributed by atoms with Crippen LogP contribution in [0.2, 0.25) is 5.02 Å². The van der Waals surface area contributed by atoms with Gasteiger partial charge >= 0.3 is 0 Å². The first kappa shape index (κ1) is 25.4. The van der Waals surface area contributed by atoms with Crippen molar-refractivity contribution in [3.63, 3.8) is 0 Å². The van der Waals surface area contributed by atoms with E-state index in [0.717, 1.165) is 9.87 Å². The molecule has 3 rings (SSSR count). The highest BCUT2D eigenvalue weighted by molar-refractivity contribution is 7.92. The van der Waals surface area contributed by atoms with Crippen LogP contribution >= 0.6 is 11.6 Å². The summed E-state index contributed by atoms with van der Waals surface area (Å²) >= 11 is 6.09. The SMILES string of the molecule is CCOc1ccc(S(=O)(=O)N(CC(=O)NCCOc2ccc(C)c(Cl)c2)c2ccccc2)cc1. The van der Waals surface area contributed by atoms with Gasteiger partial charge in [-0.25, -0.2) is 8.42 Å². The van der Waals surface area contributed by atoms with Crippen molar-refractivity contribution >= 4 is 33.2 Å². The fraction of sp³-hybridized carbons (Fsp3) is 0.240. The third kappa shape index (κ3) is 6.65. The van der Waals surface area contributed by atoms with E-state index in [4.69, 9.17) is 21.1 Å². The van der Waals surface area contributed by atoms with Crippen LogP contribution in [0.15, 0.2) is 77.7 Å². The number of halogens is 1. The van der Waals surface area contributed by atoms with E-state index in [0.29, 0.717) is 28.8 Å². The number of rotatable bonds is 11. The van der Waals surface area contributed by atoms with Crippen molar-refractivity contribution in [2.45, 2.75) is 18.7 Å². The number of sulfonamides is 1. The lowest BCUT2D eigenvalue weighted by Gasteiger charge is -2.24. The van der Waals surface area contributed by atoms with Gasteiger partial charge in [0.15, 0.2) is 0 Å². The molecule has 0 bridgehead atoms. The van der Waals surface area contributed by atoms with Crippen molar-refractivity contribution in [2.75, 3.05) is 30.6 Å². The lowest BCUT2D eigenvalue weighted by atomic mass is 10.2. The molecule has 0 saturated heterocycles. The molecule has 34 heavy (non-hydrogen) atoms. The molecule has 0 fully saturated rings. The minimum absolute atomic E-state index is 0.0622. The molecule has 3 aromatic rings. The first-order valence-corrected chi connectivity index (χ1v) is 12.6. The molecule has 7 nitrogen and oxygen atoms in total. The van der Waals surface area contributed by atoms with E-state index < -0.39 is 15.9 Å². The van der Waals surface area contributed by atoms with E-state index in [2.05, 4.69) is 5.32 Å². The van der Waals surface area contributed by atoms with Gasteiger partial charge in [0.05, 0.1) is 23.7 Å². The molecule has 0 aromatic heterocycles. The van der Waals surface area contributed by atoms with Crippen molar-refractivity contribution in [2.24, 2.45) is 0 Å². The number of hydrogen-bond acceptors (Lipinski definition) is 5. The zero-order valence-corrected chi connectivity index (χ0v) is 20.6. The van der Waals surface area contributed by atoms with Crippen LogP contribution in [0.25, 0.3) is 0 Å². The van der Waals surface area contributed by atoms with Gasteiger partial charge in [-0.1, -0.05) is 35.9 Å². The van der Waals surface area contributed by atoms with E-state index in [1.807, 2.05) is 19.9 Å². The molecule has 9 heteroatoms. The highest BCUT2D eigenvalue weighted by atomic mass is 35.5. The van der Waals surface area contributed by atoms with Crippen LogP contribution in [-0.2, 0) is 14.8 Å². The molecule has 0 aliphatic rings. The summed E-state index contributed by atoms with van der Waals surface area (Å²) in [6, 6.07) is 20.0. The predicted octanol–water partition coefficient (Wildman–Crippen LogP) is 4.44. The average molecular weight is 503 g/mol. The van der Waals surface area contributed by atoms with Crippen molar-refractivity contribution in [1.82, 2.24) is 5.32 Å². The average Bonchev–Trinajstić information content (AvgIpc) is 2.83. The maximum Gasteiger partial charge on any atom is 0.264 e. The summed E-state index contributed by atoms with van der Waals surface area (Å²) in [6.07, 6.45) is 0. The third-order valence-electron chi connectivity index (χ3n) is 4.89. The molecule has 1 amide bonds. The fourth-order valence-electron chi connectivity index (χ4n) is 3.12. The minimum atomic E-state index is -3.99. The number of carbonyl (C=O) groups excluding carboxylic acids is 1. The maximum absolute atomic E-state index is 13.4. The van der Waals surface area contributed by atoms with Gasteiger partial charge in [0, 0.05) is 5.02 Å². The quantitative estimate of drug-likeness (QED) is 0.392. The Morgan fingerprint density at radius 1 is 0.971 bits per heavy atom. The summed E-state index contributed by atoms with van der Waals surface area (Å²) in [6.45, 7) is 4.25. The number of hydrogen-bond donors (Lipinski definition) is 1. The smallest absolute Gasteiger partial charge is 0.264 e. The van der Waals surface area contributed by atoms with Crippen LogP contribution in [0.1, 0.15) is 12.5 Å². The molecular formula is C25H27ClN2O5S. The van der Waals surface area contributed by atoms with Crippen molar-refractivity contribution in [3.05, 3.63) is 83.4 Å². The molecule has 0 unspecified atom stereocenters. The maximum atomic E-state index is 13.4. The lowest BCUT2D eigenvalue weighted by Crippen LogP contribution is -2.41. The second-order valence-corrected chi connectivity index (χ2v) is 9.63. The number of carbonyl (C=O) groups is 1. The number of anilines is 1. The van der Waals surface area contributed by atoms with E-state index in [1.54, 1.807) is 54.6 Å². The Morgan fingerprint density at radius 2 is 1.65 bits per heavy atom. The first-order valence-electron chi connectivity index (χ1n) is 10.8. The highest BCUT2D eigenvalue weighted by Crippen LogP contribution is 2.25. The van der Waals surface area contributed by atoms with Gasteiger partial charge in [-0.05, 0) is 67.9 Å². The van der Waals surface area contributed by atoms with Crippen molar-refractivity contribution < 1.29 is 22.7 Å². The normalized spacial score (nSPS) is 11.0. The summed E-state index contributed by atoms with van der Waals surface area (Å²) in [5, 5.41) is 3.30. The third-order valence-corrected chi connectivity index (χ3v) is 7.09. The number of amides is 1. The lowest BCUT2D eigenvalue weighted by molar-refractivity contribution is -0.119. The van der Waals surface area contributed by atoms with E-state index in [9.17, 15) is 13.2 Å². The Balaban J connectivity index is 1.67. The van der Waals surface area contributed by atoms with Gasteiger partial charge in [-0.2, -0.15) is 0 Å². The summed E-state index contributed by atoms with van der Waals surface area (Å²) < 4.78 is 38.8. The predicted molar refractivity (Wildman–Crippen MR) is 133 cm³/mol. The largest absolute Gasteiger partial charge is 0.494 e. The second-order valence-electron chi connectivity index (χ2n) is 7.36. The number of nitrogens with zero attached hydrogens (tertiary/aromatic N) is 1. The second kappa shape index (κ2) is 11.8. The zero-order chi connectivity index (χ0) is 24.6. The Labute approximate surface area is 205 Å². The standard InChI is InChI=1S/C25H27ClN2O5S/c1-3-32-21-11-13-23(14-12-21)34(30,31)28(20-7-5-4-6-8-20)18-25(29)27-15-16-33-22-10-9-19(2)24(26)17-22/h4-14,17H,3,15-16,18H2,1-2H3,(H,27,29). The number of nitrogens with one attached hydrogen (secondary N) is 1. The van der Waals surface area contributed by atoms with Crippen LogP contribution in [0.3, 0.4) is 0 Å². The summed E-state index contributed by atoms with van der Waals surface area (Å²) in [5.41, 5.74) is 1.33. The van der Waals surface area contributed by atoms with E-state index >= 15 is 0 Å². The van der Waals surface area contributed by atoms with Crippen LogP contribution in [0.4, 0.5) is 5.69 Å². The Morgan fingerprint density at radius 3 is 2.29 bits per heavy atom. The summed E-state index contributed by atoms with van der Waals surface area (Å²) in [7, 11) is -3.99. The molecule has 1 N–H and O–H groups in total. The van der Waals surface area contributed by atoms with Gasteiger partial charge in [0.1, 0.15) is 24.7 Å². The van der Waals surface area contributed by atoms with Crippen LogP contribution < -0.4 is 19.1 Å². The monoisotopic (exact) mass is 502 g/mol. The highest BCUT2D eigenvalue weighted by Gasteiger charge is 2.27. The van der Waals surface area contributed by atoms with Crippen LogP contribution in [-0.4, -0.2) is 40.6 Å². The van der Waals surface area contributed by atoms with Gasteiger partial charge in [-0.15, -0.1) is 0 Å². The molecule has 0 spiro atoms. The van der Waals surface area contributed by atoms with Gasteiger partial charge in [-0.3, -0.25) is 9.10 Å². The number of aryl methyl sites for hydroxylation is 1. The molecule has 3 aromatic carbocycles. The van der Waals surface area contributed by atoms with Gasteiger partial charge in [0.25, 0.3) is 10.0 Å². The molecule has 0 heterocycles. The van der Waals surface area contributed by atoms with E-state index in [-0.39, 0.29) is 24.6 Å². The Hall–Kier alpha value is -3.23. The first-order chi connectivity index (χ1) is 16.3. The minimum Gasteiger partial charge on any atom is -0.494 e. The number of ether oxygens (including phenoxy) is 2. The number of para-hydroxylation sites is 1. The van der Waals surface area contributed by atoms with Gasteiger partial charge in [0.2, 0.25) is 5.91 Å². The van der Waals surface area contributed by atoms with Crippen molar-refractivity contribution in [3.8, 4) is 11.5 Å². The Bertz CT molecular complexity index is 1200. The molecule has 0 saturated carbocycles. The summed E-state index contributed by atoms with van der Waals surface area (Å²) in [5.74, 6) is 0.707. The van der Waals surface area contributed by atoms with Crippen molar-refractivity contribution in [1.29, 1.82) is 0 Å².